The fourth-order valence-electron chi connectivity index (χ4n) is 2.72. The molecule has 2 heterocycles. The van der Waals surface area contributed by atoms with Crippen LogP contribution in [0.4, 0.5) is 5.82 Å². The maximum Gasteiger partial charge on any atom is 0.152 e. The third-order valence-electron chi connectivity index (χ3n) is 3.53. The number of anilines is 1. The van der Waals surface area contributed by atoms with Crippen molar-refractivity contribution in [1.29, 1.82) is 0 Å². The molecule has 3 rings (SSSR count). The third kappa shape index (κ3) is 2.51. The molecule has 0 bridgehead atoms. The van der Waals surface area contributed by atoms with Gasteiger partial charge in [0, 0.05) is 24.6 Å². The topological polar surface area (TPSA) is 92.0 Å². The molecule has 2 aromatic heterocycles. The molecule has 6 heteroatoms. The van der Waals surface area contributed by atoms with Crippen LogP contribution >= 0.6 is 0 Å². The van der Waals surface area contributed by atoms with E-state index in [2.05, 4.69) is 14.5 Å². The van der Waals surface area contributed by atoms with E-state index in [0.29, 0.717) is 24.5 Å². The molecule has 0 amide bonds. The summed E-state index contributed by atoms with van der Waals surface area (Å²) in [5.41, 5.74) is 14.5. The second-order valence-corrected chi connectivity index (χ2v) is 6.25. The molecule has 6 nitrogen and oxygen atoms in total. The van der Waals surface area contributed by atoms with Gasteiger partial charge in [0.2, 0.25) is 0 Å². The molecule has 4 N–H and O–H groups in total. The lowest BCUT2D eigenvalue weighted by Crippen LogP contribution is -2.37. The Morgan fingerprint density at radius 2 is 1.95 bits per heavy atom. The molecule has 0 atom stereocenters. The van der Waals surface area contributed by atoms with Gasteiger partial charge in [0.15, 0.2) is 5.82 Å². The van der Waals surface area contributed by atoms with E-state index in [1.807, 2.05) is 38.1 Å². The van der Waals surface area contributed by atoms with Gasteiger partial charge in [-0.05, 0) is 19.9 Å². The lowest BCUT2D eigenvalue weighted by Gasteiger charge is -2.21. The average Bonchev–Trinajstić information content (AvgIpc) is 2.77. The third-order valence-corrected chi connectivity index (χ3v) is 3.53. The molecule has 116 valence electrons. The van der Waals surface area contributed by atoms with Crippen LogP contribution < -0.4 is 11.5 Å². The monoisotopic (exact) mass is 299 g/mol. The Bertz CT molecular complexity index is 832. The van der Waals surface area contributed by atoms with Gasteiger partial charge in [-0.2, -0.15) is 0 Å². The molecule has 22 heavy (non-hydrogen) atoms. The van der Waals surface area contributed by atoms with Gasteiger partial charge < -0.3 is 20.8 Å². The molecule has 0 fully saturated rings. The second kappa shape index (κ2) is 5.23. The number of nitrogen functional groups attached to an aromatic ring is 1. The number of rotatable bonds is 4. The predicted octanol–water partition coefficient (Wildman–Crippen LogP) is 2.05. The molecule has 0 aliphatic heterocycles. The summed E-state index contributed by atoms with van der Waals surface area (Å²) in [5.74, 6) is 1.24. The minimum Gasteiger partial charge on any atom is -0.382 e. The molecule has 0 aliphatic carbocycles. The molecular formula is C16H21N5O. The maximum absolute atomic E-state index is 6.23. The molecule has 0 radical (unpaired) electrons. The number of ether oxygens (including phenoxy) is 1. The minimum atomic E-state index is -0.380. The Hall–Kier alpha value is -2.18. The van der Waals surface area contributed by atoms with E-state index in [-0.39, 0.29) is 5.54 Å². The molecule has 1 aromatic carbocycles. The summed E-state index contributed by atoms with van der Waals surface area (Å²) in [6.45, 7) is 5.00. The van der Waals surface area contributed by atoms with Crippen LogP contribution in [0, 0.1) is 0 Å². The lowest BCUT2D eigenvalue weighted by molar-refractivity contribution is 0.173. The van der Waals surface area contributed by atoms with E-state index < -0.39 is 0 Å². The number of pyridine rings is 1. The fourth-order valence-corrected chi connectivity index (χ4v) is 2.72. The van der Waals surface area contributed by atoms with Crippen LogP contribution in [-0.4, -0.2) is 27.2 Å². The van der Waals surface area contributed by atoms with Crippen molar-refractivity contribution in [3.8, 4) is 0 Å². The Morgan fingerprint density at radius 3 is 2.64 bits per heavy atom. The number of hydrogen-bond acceptors (Lipinski definition) is 5. The van der Waals surface area contributed by atoms with Crippen LogP contribution in [-0.2, 0) is 17.9 Å². The number of fused-ring (bicyclic) bond motifs is 3. The molecule has 0 saturated carbocycles. The summed E-state index contributed by atoms with van der Waals surface area (Å²) in [7, 11) is 1.65. The first-order valence-electron chi connectivity index (χ1n) is 7.22. The lowest BCUT2D eigenvalue weighted by atomic mass is 10.1. The summed E-state index contributed by atoms with van der Waals surface area (Å²) in [6.07, 6.45) is 0. The minimum absolute atomic E-state index is 0.380. The Morgan fingerprint density at radius 1 is 1.23 bits per heavy atom. The first-order chi connectivity index (χ1) is 10.4. The van der Waals surface area contributed by atoms with Gasteiger partial charge in [0.25, 0.3) is 0 Å². The summed E-state index contributed by atoms with van der Waals surface area (Å²) >= 11 is 0. The van der Waals surface area contributed by atoms with Crippen molar-refractivity contribution in [2.24, 2.45) is 5.73 Å². The van der Waals surface area contributed by atoms with Crippen LogP contribution in [0.2, 0.25) is 0 Å². The first kappa shape index (κ1) is 14.7. The van der Waals surface area contributed by atoms with Crippen LogP contribution in [0.3, 0.4) is 0 Å². The summed E-state index contributed by atoms with van der Waals surface area (Å²) in [4.78, 5) is 9.08. The maximum atomic E-state index is 6.23. The van der Waals surface area contributed by atoms with Crippen molar-refractivity contribution in [3.05, 3.63) is 30.1 Å². The summed E-state index contributed by atoms with van der Waals surface area (Å²) in [5, 5.41) is 1.02. The van der Waals surface area contributed by atoms with Crippen LogP contribution in [0.15, 0.2) is 24.3 Å². The van der Waals surface area contributed by atoms with Gasteiger partial charge in [-0.25, -0.2) is 9.97 Å². The second-order valence-electron chi connectivity index (χ2n) is 6.25. The van der Waals surface area contributed by atoms with Crippen molar-refractivity contribution in [3.63, 3.8) is 0 Å². The first-order valence-corrected chi connectivity index (χ1v) is 7.22. The Balaban J connectivity index is 2.39. The highest BCUT2D eigenvalue weighted by atomic mass is 16.5. The molecule has 0 aliphatic rings. The van der Waals surface area contributed by atoms with Gasteiger partial charge in [-0.3, -0.25) is 0 Å². The zero-order chi connectivity index (χ0) is 15.9. The van der Waals surface area contributed by atoms with Crippen molar-refractivity contribution in [2.45, 2.75) is 32.5 Å². The van der Waals surface area contributed by atoms with Crippen LogP contribution in [0.5, 0.6) is 0 Å². The smallest absolute Gasteiger partial charge is 0.152 e. The Labute approximate surface area is 129 Å². The molecule has 3 aromatic rings. The quantitative estimate of drug-likeness (QED) is 0.769. The highest BCUT2D eigenvalue weighted by Crippen LogP contribution is 2.29. The SMILES string of the molecule is COCc1nc2c(N)nc3ccccc3c2n1CC(C)(C)N. The van der Waals surface area contributed by atoms with E-state index >= 15 is 0 Å². The molecule has 0 saturated heterocycles. The van der Waals surface area contributed by atoms with E-state index in [9.17, 15) is 0 Å². The van der Waals surface area contributed by atoms with E-state index in [1.54, 1.807) is 7.11 Å². The van der Waals surface area contributed by atoms with Gasteiger partial charge >= 0.3 is 0 Å². The van der Waals surface area contributed by atoms with E-state index in [0.717, 1.165) is 22.2 Å². The number of aromatic nitrogens is 3. The molecule has 0 spiro atoms. The molecule has 0 unspecified atom stereocenters. The van der Waals surface area contributed by atoms with Crippen molar-refractivity contribution >= 4 is 27.8 Å². The van der Waals surface area contributed by atoms with Crippen molar-refractivity contribution in [2.75, 3.05) is 12.8 Å². The number of hydrogen-bond donors (Lipinski definition) is 2. The van der Waals surface area contributed by atoms with E-state index in [4.69, 9.17) is 16.2 Å². The van der Waals surface area contributed by atoms with Crippen molar-refractivity contribution < 1.29 is 4.74 Å². The molecular weight excluding hydrogens is 278 g/mol. The average molecular weight is 299 g/mol. The van der Waals surface area contributed by atoms with E-state index in [1.165, 1.54) is 0 Å². The number of benzene rings is 1. The van der Waals surface area contributed by atoms with Gasteiger partial charge in [0.1, 0.15) is 17.9 Å². The van der Waals surface area contributed by atoms with Gasteiger partial charge in [-0.1, -0.05) is 18.2 Å². The zero-order valence-corrected chi connectivity index (χ0v) is 13.1. The zero-order valence-electron chi connectivity index (χ0n) is 13.1. The highest BCUT2D eigenvalue weighted by Gasteiger charge is 2.21. The standard InChI is InChI=1S/C16H21N5O/c1-16(2,18)9-21-12(8-22-3)20-13-14(21)10-6-4-5-7-11(10)19-15(13)17/h4-7H,8-9,18H2,1-3H3,(H2,17,19). The van der Waals surface area contributed by atoms with Crippen molar-refractivity contribution in [1.82, 2.24) is 14.5 Å². The number of nitrogens with two attached hydrogens (primary N) is 2. The predicted molar refractivity (Wildman–Crippen MR) is 88.4 cm³/mol. The van der Waals surface area contributed by atoms with Crippen LogP contribution in [0.1, 0.15) is 19.7 Å². The largest absolute Gasteiger partial charge is 0.382 e. The number of methoxy groups -OCH3 is 1. The Kier molecular flexibility index (Phi) is 3.50. The fraction of sp³-hybridized carbons (Fsp3) is 0.375. The number of para-hydroxylation sites is 1. The summed E-state index contributed by atoms with van der Waals surface area (Å²) in [6, 6.07) is 7.92. The van der Waals surface area contributed by atoms with Crippen LogP contribution in [0.25, 0.3) is 21.9 Å². The number of imidazole rings is 1. The van der Waals surface area contributed by atoms with Gasteiger partial charge in [0.05, 0.1) is 11.0 Å². The number of nitrogens with zero attached hydrogens (tertiary/aromatic N) is 3. The normalized spacial score (nSPS) is 12.4. The van der Waals surface area contributed by atoms with Gasteiger partial charge in [-0.15, -0.1) is 0 Å². The highest BCUT2D eigenvalue weighted by molar-refractivity contribution is 6.06. The summed E-state index contributed by atoms with van der Waals surface area (Å²) < 4.78 is 7.38.